The lowest BCUT2D eigenvalue weighted by Crippen LogP contribution is -2.36. The molecule has 0 spiro atoms. The van der Waals surface area contributed by atoms with Crippen LogP contribution in [0.4, 0.5) is 0 Å². The molecule has 0 bridgehead atoms. The van der Waals surface area contributed by atoms with Crippen LogP contribution in [0.2, 0.25) is 0 Å². The first-order valence-corrected chi connectivity index (χ1v) is 14.8. The van der Waals surface area contributed by atoms with Crippen LogP contribution < -0.4 is 0 Å². The maximum absolute atomic E-state index is 11.5. The molecule has 1 fully saturated rings. The summed E-state index contributed by atoms with van der Waals surface area (Å²) in [6.07, 6.45) is 7.05. The summed E-state index contributed by atoms with van der Waals surface area (Å²) in [7, 11) is 0. The second-order valence-electron chi connectivity index (χ2n) is 10.9. The Labute approximate surface area is 245 Å². The van der Waals surface area contributed by atoms with Crippen LogP contribution in [0.5, 0.6) is 0 Å². The smallest absolute Gasteiger partial charge is 0.302 e. The van der Waals surface area contributed by atoms with Crippen molar-refractivity contribution in [2.45, 2.75) is 77.3 Å². The van der Waals surface area contributed by atoms with Crippen molar-refractivity contribution in [3.8, 4) is 0 Å². The fourth-order valence-corrected chi connectivity index (χ4v) is 5.25. The fraction of sp³-hybridized carbons (Fsp3) is 0.417. The van der Waals surface area contributed by atoms with E-state index in [0.717, 1.165) is 49.8 Å². The SMILES string of the molecule is C=CCOCCCCc1ccc(Cc2cc([C@H]3C[C@@H](OCc4ccccc4)C[C@@H](COC(C)=O)O3)ccc2C)cc1. The number of esters is 1. The number of rotatable bonds is 15. The lowest BCUT2D eigenvalue weighted by Gasteiger charge is -2.35. The Bertz CT molecular complexity index is 1220. The van der Waals surface area contributed by atoms with E-state index < -0.39 is 0 Å². The number of aryl methyl sites for hydroxylation is 2. The topological polar surface area (TPSA) is 54.0 Å². The Kier molecular flexibility index (Phi) is 12.2. The van der Waals surface area contributed by atoms with Crippen molar-refractivity contribution in [3.05, 3.63) is 119 Å². The van der Waals surface area contributed by atoms with Crippen molar-refractivity contribution in [2.24, 2.45) is 0 Å². The molecule has 1 aliphatic heterocycles. The summed E-state index contributed by atoms with van der Waals surface area (Å²) in [4.78, 5) is 11.5. The molecular weight excluding hydrogens is 512 g/mol. The molecule has 218 valence electrons. The predicted octanol–water partition coefficient (Wildman–Crippen LogP) is 7.48. The first-order chi connectivity index (χ1) is 20.0. The van der Waals surface area contributed by atoms with Crippen LogP contribution >= 0.6 is 0 Å². The average molecular weight is 557 g/mol. The van der Waals surface area contributed by atoms with Gasteiger partial charge in [0.2, 0.25) is 0 Å². The Balaban J connectivity index is 1.39. The van der Waals surface area contributed by atoms with Crippen LogP contribution in [0, 0.1) is 6.92 Å². The van der Waals surface area contributed by atoms with E-state index in [4.69, 9.17) is 18.9 Å². The quantitative estimate of drug-likeness (QED) is 0.110. The number of hydrogen-bond donors (Lipinski definition) is 0. The Morgan fingerprint density at radius 2 is 1.76 bits per heavy atom. The molecule has 5 heteroatoms. The summed E-state index contributed by atoms with van der Waals surface area (Å²) >= 11 is 0. The van der Waals surface area contributed by atoms with Crippen LogP contribution in [0.25, 0.3) is 0 Å². The minimum Gasteiger partial charge on any atom is -0.463 e. The summed E-state index contributed by atoms with van der Waals surface area (Å²) < 4.78 is 23.6. The van der Waals surface area contributed by atoms with Crippen molar-refractivity contribution in [1.29, 1.82) is 0 Å². The largest absolute Gasteiger partial charge is 0.463 e. The third kappa shape index (κ3) is 10.3. The minimum atomic E-state index is -0.293. The number of hydrogen-bond acceptors (Lipinski definition) is 5. The van der Waals surface area contributed by atoms with Gasteiger partial charge in [0.1, 0.15) is 6.61 Å². The molecule has 0 N–H and O–H groups in total. The second-order valence-corrected chi connectivity index (χ2v) is 10.9. The second kappa shape index (κ2) is 16.3. The van der Waals surface area contributed by atoms with Gasteiger partial charge < -0.3 is 18.9 Å². The highest BCUT2D eigenvalue weighted by Gasteiger charge is 2.32. The van der Waals surface area contributed by atoms with Crippen LogP contribution in [-0.4, -0.2) is 38.0 Å². The third-order valence-electron chi connectivity index (χ3n) is 7.56. The fourth-order valence-electron chi connectivity index (χ4n) is 5.25. The summed E-state index contributed by atoms with van der Waals surface area (Å²) in [6, 6.07) is 25.8. The van der Waals surface area contributed by atoms with E-state index >= 15 is 0 Å². The first kappa shape index (κ1) is 30.7. The normalized spacial score (nSPS) is 18.6. The molecular formula is C36H44O5. The number of benzene rings is 3. The zero-order chi connectivity index (χ0) is 28.9. The standard InChI is InChI=1S/C36H44O5/c1-4-19-38-20-9-8-10-29-14-16-30(17-15-29)21-33-22-32(18-13-27(33)2)36-24-34(23-35(41-36)26-39-28(3)37)40-25-31-11-6-5-7-12-31/h4-7,11-18,22,34-36H,1,8-10,19-21,23-26H2,2-3H3/t34-,35-,36+/m0/s1. The van der Waals surface area contributed by atoms with E-state index in [-0.39, 0.29) is 30.9 Å². The first-order valence-electron chi connectivity index (χ1n) is 14.8. The molecule has 0 aliphatic carbocycles. The van der Waals surface area contributed by atoms with Crippen molar-refractivity contribution >= 4 is 5.97 Å². The Hall–Kier alpha value is -3.25. The minimum absolute atomic E-state index is 0.0142. The van der Waals surface area contributed by atoms with Crippen LogP contribution in [0.3, 0.4) is 0 Å². The van der Waals surface area contributed by atoms with E-state index in [1.807, 2.05) is 18.2 Å². The number of carbonyl (C=O) groups excluding carboxylic acids is 1. The van der Waals surface area contributed by atoms with Gasteiger partial charge in [-0.1, -0.05) is 78.9 Å². The summed E-state index contributed by atoms with van der Waals surface area (Å²) in [5, 5.41) is 0. The molecule has 5 nitrogen and oxygen atoms in total. The van der Waals surface area contributed by atoms with E-state index in [1.165, 1.54) is 29.2 Å². The van der Waals surface area contributed by atoms with E-state index in [2.05, 4.69) is 68.1 Å². The lowest BCUT2D eigenvalue weighted by molar-refractivity contribution is -0.160. The molecule has 0 saturated carbocycles. The van der Waals surface area contributed by atoms with Gasteiger partial charge in [-0.25, -0.2) is 0 Å². The number of carbonyl (C=O) groups is 1. The molecule has 1 heterocycles. The van der Waals surface area contributed by atoms with Crippen LogP contribution in [0.1, 0.15) is 72.1 Å². The lowest BCUT2D eigenvalue weighted by atomic mass is 9.92. The molecule has 0 unspecified atom stereocenters. The monoisotopic (exact) mass is 556 g/mol. The molecule has 0 aromatic heterocycles. The van der Waals surface area contributed by atoms with E-state index in [1.54, 1.807) is 6.08 Å². The van der Waals surface area contributed by atoms with Crippen molar-refractivity contribution in [1.82, 2.24) is 0 Å². The summed E-state index contributed by atoms with van der Waals surface area (Å²) in [6.45, 7) is 9.48. The molecule has 4 rings (SSSR count). The molecule has 3 atom stereocenters. The Morgan fingerprint density at radius 1 is 0.976 bits per heavy atom. The highest BCUT2D eigenvalue weighted by Crippen LogP contribution is 2.35. The number of ether oxygens (including phenoxy) is 4. The van der Waals surface area contributed by atoms with Gasteiger partial charge in [-0.15, -0.1) is 6.58 Å². The van der Waals surface area contributed by atoms with Gasteiger partial charge in [0, 0.05) is 26.4 Å². The number of unbranched alkanes of at least 4 members (excludes halogenated alkanes) is 1. The molecule has 0 amide bonds. The average Bonchev–Trinajstić information content (AvgIpc) is 2.99. The van der Waals surface area contributed by atoms with Crippen molar-refractivity contribution in [2.75, 3.05) is 19.8 Å². The summed E-state index contributed by atoms with van der Waals surface area (Å²) in [5.74, 6) is -0.293. The van der Waals surface area contributed by atoms with Gasteiger partial charge in [-0.05, 0) is 66.0 Å². The zero-order valence-corrected chi connectivity index (χ0v) is 24.6. The van der Waals surface area contributed by atoms with Gasteiger partial charge in [0.15, 0.2) is 0 Å². The zero-order valence-electron chi connectivity index (χ0n) is 24.6. The predicted molar refractivity (Wildman–Crippen MR) is 163 cm³/mol. The van der Waals surface area contributed by atoms with Gasteiger partial charge in [-0.2, -0.15) is 0 Å². The van der Waals surface area contributed by atoms with E-state index in [0.29, 0.717) is 19.6 Å². The molecule has 3 aromatic carbocycles. The molecule has 1 aliphatic rings. The van der Waals surface area contributed by atoms with Crippen molar-refractivity contribution < 1.29 is 23.7 Å². The van der Waals surface area contributed by atoms with Gasteiger partial charge in [0.05, 0.1) is 31.5 Å². The third-order valence-corrected chi connectivity index (χ3v) is 7.56. The molecule has 41 heavy (non-hydrogen) atoms. The Morgan fingerprint density at radius 3 is 2.51 bits per heavy atom. The van der Waals surface area contributed by atoms with Gasteiger partial charge >= 0.3 is 5.97 Å². The van der Waals surface area contributed by atoms with Gasteiger partial charge in [-0.3, -0.25) is 4.79 Å². The van der Waals surface area contributed by atoms with Crippen LogP contribution in [-0.2, 0) is 43.2 Å². The molecule has 3 aromatic rings. The highest BCUT2D eigenvalue weighted by atomic mass is 16.6. The molecule has 1 saturated heterocycles. The van der Waals surface area contributed by atoms with E-state index in [9.17, 15) is 4.79 Å². The maximum atomic E-state index is 11.5. The van der Waals surface area contributed by atoms with Gasteiger partial charge in [0.25, 0.3) is 0 Å². The molecule has 0 radical (unpaired) electrons. The van der Waals surface area contributed by atoms with Crippen molar-refractivity contribution in [3.63, 3.8) is 0 Å². The maximum Gasteiger partial charge on any atom is 0.302 e. The summed E-state index contributed by atoms with van der Waals surface area (Å²) in [5.41, 5.74) is 7.50. The van der Waals surface area contributed by atoms with Crippen LogP contribution in [0.15, 0.2) is 85.5 Å². The highest BCUT2D eigenvalue weighted by molar-refractivity contribution is 5.65.